The van der Waals surface area contributed by atoms with Crippen LogP contribution < -0.4 is 0 Å². The zero-order valence-electron chi connectivity index (χ0n) is 2.86. The Balaban J connectivity index is 0. The van der Waals surface area contributed by atoms with E-state index in [1.54, 1.807) is 0 Å². The molecule has 0 saturated carbocycles. The minimum atomic E-state index is 0. The van der Waals surface area contributed by atoms with Crippen LogP contribution in [0, 0.1) is 83.5 Å². The van der Waals surface area contributed by atoms with Crippen LogP contribution in [0.3, 0.4) is 0 Å². The Morgan fingerprint density at radius 3 is 0.429 bits per heavy atom. The van der Waals surface area contributed by atoms with Crippen LogP contribution in [-0.2, 0) is 49.4 Å². The van der Waals surface area contributed by atoms with Gasteiger partial charge in [-0.25, -0.2) is 0 Å². The Labute approximate surface area is 130 Å². The van der Waals surface area contributed by atoms with Crippen LogP contribution in [0.5, 0.6) is 0 Å². The van der Waals surface area contributed by atoms with Crippen molar-refractivity contribution < 1.29 is 133 Å². The Morgan fingerprint density at radius 2 is 0.429 bits per heavy atom. The SMILES string of the molecule is [Ce+3].[Ce+3].[Ni].[Ni].[O-2].[O-2].[O-2]. The zero-order chi connectivity index (χ0) is 0. The summed E-state index contributed by atoms with van der Waals surface area (Å²) in [6.45, 7) is 0. The van der Waals surface area contributed by atoms with E-state index in [4.69, 9.17) is 0 Å². The Bertz CT molecular complexity index is 10.9. The molecule has 0 saturated heterocycles. The van der Waals surface area contributed by atoms with Crippen molar-refractivity contribution in [3.05, 3.63) is 0 Å². The second-order valence-electron chi connectivity index (χ2n) is 0. The maximum atomic E-state index is 0. The van der Waals surface area contributed by atoms with E-state index in [1.807, 2.05) is 0 Å². The monoisotopic (exact) mass is 444 g/mol. The summed E-state index contributed by atoms with van der Waals surface area (Å²) in [6, 6.07) is 0. The maximum absolute atomic E-state index is 0. The molecule has 0 aromatic rings. The van der Waals surface area contributed by atoms with Crippen LogP contribution in [0.4, 0.5) is 0 Å². The van der Waals surface area contributed by atoms with E-state index in [0.717, 1.165) is 0 Å². The minimum absolute atomic E-state index is 0. The van der Waals surface area contributed by atoms with Crippen LogP contribution in [-0.4, -0.2) is 0 Å². The molecule has 0 rings (SSSR count). The normalized spacial score (nSPS) is 0. The molecule has 0 amide bonds. The van der Waals surface area contributed by atoms with Gasteiger partial charge >= 0.3 is 83.5 Å². The van der Waals surface area contributed by atoms with E-state index in [0.29, 0.717) is 0 Å². The van der Waals surface area contributed by atoms with E-state index >= 15 is 0 Å². The third-order valence-electron chi connectivity index (χ3n) is 0. The van der Waals surface area contributed by atoms with Gasteiger partial charge in [-0.15, -0.1) is 0 Å². The van der Waals surface area contributed by atoms with E-state index in [1.165, 1.54) is 0 Å². The fourth-order valence-corrected chi connectivity index (χ4v) is 0. The van der Waals surface area contributed by atoms with Crippen LogP contribution in [0.1, 0.15) is 0 Å². The van der Waals surface area contributed by atoms with Crippen LogP contribution in [0.15, 0.2) is 0 Å². The molecule has 0 aliphatic carbocycles. The summed E-state index contributed by atoms with van der Waals surface area (Å²) in [7, 11) is 0. The van der Waals surface area contributed by atoms with Crippen molar-refractivity contribution in [2.24, 2.45) is 0 Å². The summed E-state index contributed by atoms with van der Waals surface area (Å²) in [4.78, 5) is 0. The molecule has 0 N–H and O–H groups in total. The molecule has 0 unspecified atom stereocenters. The predicted octanol–water partition coefficient (Wildman–Crippen LogP) is -0.361. The molecule has 0 aliphatic rings. The molecule has 7 heavy (non-hydrogen) atoms. The van der Waals surface area contributed by atoms with Crippen molar-refractivity contribution in [1.82, 2.24) is 0 Å². The summed E-state index contributed by atoms with van der Waals surface area (Å²) < 4.78 is 0. The summed E-state index contributed by atoms with van der Waals surface area (Å²) >= 11 is 0. The predicted molar refractivity (Wildman–Crippen MR) is 2.06 cm³/mol. The molecule has 0 fully saturated rings. The third kappa shape index (κ3) is 42.6. The standard InChI is InChI=1S/2Ce.2Ni.3O/q2*+3;;;3*-2. The van der Waals surface area contributed by atoms with Gasteiger partial charge in [0.05, 0.1) is 0 Å². The zero-order valence-corrected chi connectivity index (χ0v) is 11.1. The number of hydrogen-bond donors (Lipinski definition) is 0. The molecule has 0 atom stereocenters. The fraction of sp³-hybridized carbons (Fsp3) is 0. The average Bonchev–Trinajstić information content (AvgIpc) is 0. The van der Waals surface area contributed by atoms with Gasteiger partial charge in [0, 0.05) is 33.0 Å². The topological polar surface area (TPSA) is 85.5 Å². The average molecular weight is 446 g/mol. The Morgan fingerprint density at radius 1 is 0.429 bits per heavy atom. The molecule has 0 heterocycles. The molecule has 0 aromatic heterocycles. The molecule has 7 heteroatoms. The fourth-order valence-electron chi connectivity index (χ4n) is 0. The molecule has 3 nitrogen and oxygen atoms in total. The first kappa shape index (κ1) is 75.0. The summed E-state index contributed by atoms with van der Waals surface area (Å²) in [6.07, 6.45) is 0. The van der Waals surface area contributed by atoms with Gasteiger partial charge in [-0.3, -0.25) is 0 Å². The first-order valence-electron chi connectivity index (χ1n) is 0. The van der Waals surface area contributed by atoms with Gasteiger partial charge in [0.15, 0.2) is 0 Å². The van der Waals surface area contributed by atoms with Crippen molar-refractivity contribution in [3.63, 3.8) is 0 Å². The van der Waals surface area contributed by atoms with Crippen molar-refractivity contribution in [2.75, 3.05) is 0 Å². The van der Waals surface area contributed by atoms with Gasteiger partial charge in [-0.1, -0.05) is 0 Å². The van der Waals surface area contributed by atoms with Gasteiger partial charge in [-0.2, -0.15) is 0 Å². The second kappa shape index (κ2) is 54.5. The van der Waals surface area contributed by atoms with E-state index < -0.39 is 0 Å². The quantitative estimate of drug-likeness (QED) is 0.456. The van der Waals surface area contributed by atoms with Crippen LogP contribution in [0.25, 0.3) is 0 Å². The Kier molecular flexibility index (Phi) is 584. The second-order valence-corrected chi connectivity index (χ2v) is 0. The summed E-state index contributed by atoms with van der Waals surface area (Å²) in [5.74, 6) is 0. The largest absolute Gasteiger partial charge is 3.00 e. The molecule has 0 aliphatic heterocycles. The molecule has 0 aromatic carbocycles. The molecule has 46 valence electrons. The first-order valence-corrected chi connectivity index (χ1v) is 0. The molecule has 2 radical (unpaired) electrons. The maximum Gasteiger partial charge on any atom is 3.00 e. The number of rotatable bonds is 0. The third-order valence-corrected chi connectivity index (χ3v) is 0. The van der Waals surface area contributed by atoms with Gasteiger partial charge in [0.1, 0.15) is 0 Å². The smallest absolute Gasteiger partial charge is 2.00 e. The van der Waals surface area contributed by atoms with Gasteiger partial charge in [0.25, 0.3) is 0 Å². The van der Waals surface area contributed by atoms with Gasteiger partial charge < -0.3 is 16.4 Å². The van der Waals surface area contributed by atoms with Crippen molar-refractivity contribution in [3.8, 4) is 0 Å². The van der Waals surface area contributed by atoms with Crippen molar-refractivity contribution in [1.29, 1.82) is 0 Å². The van der Waals surface area contributed by atoms with Crippen molar-refractivity contribution in [2.45, 2.75) is 0 Å². The van der Waals surface area contributed by atoms with Gasteiger partial charge in [0.2, 0.25) is 0 Å². The number of hydrogen-bond acceptors (Lipinski definition) is 0. The minimum Gasteiger partial charge on any atom is -2.00 e. The first-order chi connectivity index (χ1) is 0. The van der Waals surface area contributed by atoms with Crippen molar-refractivity contribution >= 4 is 0 Å². The van der Waals surface area contributed by atoms with Crippen LogP contribution >= 0.6 is 0 Å². The van der Waals surface area contributed by atoms with E-state index in [2.05, 4.69) is 0 Å². The van der Waals surface area contributed by atoms with E-state index in [-0.39, 0.29) is 133 Å². The molecular weight excluding hydrogens is 446 g/mol. The van der Waals surface area contributed by atoms with E-state index in [9.17, 15) is 0 Å². The van der Waals surface area contributed by atoms with Gasteiger partial charge in [-0.05, 0) is 0 Å². The molecular formula is Ce2Ni2O3. The molecule has 0 spiro atoms. The Hall–Kier alpha value is 3.62. The summed E-state index contributed by atoms with van der Waals surface area (Å²) in [5, 5.41) is 0. The summed E-state index contributed by atoms with van der Waals surface area (Å²) in [5.41, 5.74) is 0. The molecule has 0 bridgehead atoms. The van der Waals surface area contributed by atoms with Crippen LogP contribution in [0.2, 0.25) is 0 Å².